The van der Waals surface area contributed by atoms with Crippen LogP contribution in [0.15, 0.2) is 18.3 Å². The van der Waals surface area contributed by atoms with Gasteiger partial charge in [-0.1, -0.05) is 11.6 Å². The Labute approximate surface area is 112 Å². The maximum absolute atomic E-state index is 12.0. The molecule has 1 N–H and O–H groups in total. The molecule has 1 amide bonds. The fourth-order valence-corrected chi connectivity index (χ4v) is 2.47. The zero-order valence-corrected chi connectivity index (χ0v) is 11.5. The van der Waals surface area contributed by atoms with Gasteiger partial charge in [0.15, 0.2) is 0 Å². The van der Waals surface area contributed by atoms with E-state index in [-0.39, 0.29) is 16.6 Å². The molecule has 1 saturated carbocycles. The number of aromatic nitrogens is 1. The lowest BCUT2D eigenvalue weighted by Crippen LogP contribution is -2.57. The third-order valence-electron chi connectivity index (χ3n) is 3.81. The number of pyridine rings is 1. The Morgan fingerprint density at radius 1 is 1.56 bits per heavy atom. The zero-order valence-electron chi connectivity index (χ0n) is 10.7. The number of hydrogen-bond acceptors (Lipinski definition) is 3. The standard InChI is InChI=1S/C13H18ClN3O/c1-17(2)13(6-4-7-13)9-16-12(18)10-5-3-8-15-11(10)14/h3,5,8H,4,6-7,9H2,1-2H3,(H,16,18). The molecular formula is C13H18ClN3O. The molecule has 0 aromatic carbocycles. The van der Waals surface area contributed by atoms with Gasteiger partial charge in [-0.05, 0) is 45.5 Å². The fraction of sp³-hybridized carbons (Fsp3) is 0.538. The van der Waals surface area contributed by atoms with E-state index in [9.17, 15) is 4.79 Å². The monoisotopic (exact) mass is 267 g/mol. The van der Waals surface area contributed by atoms with Crippen LogP contribution in [-0.4, -0.2) is 42.0 Å². The van der Waals surface area contributed by atoms with Crippen molar-refractivity contribution in [3.8, 4) is 0 Å². The molecule has 5 heteroatoms. The number of nitrogens with one attached hydrogen (secondary N) is 1. The minimum Gasteiger partial charge on any atom is -0.350 e. The molecule has 0 spiro atoms. The van der Waals surface area contributed by atoms with E-state index < -0.39 is 0 Å². The van der Waals surface area contributed by atoms with Crippen LogP contribution < -0.4 is 5.32 Å². The number of hydrogen-bond donors (Lipinski definition) is 1. The van der Waals surface area contributed by atoms with Crippen molar-refractivity contribution in [3.63, 3.8) is 0 Å². The van der Waals surface area contributed by atoms with Gasteiger partial charge in [0.25, 0.3) is 5.91 Å². The molecule has 98 valence electrons. The van der Waals surface area contributed by atoms with Crippen LogP contribution in [0.3, 0.4) is 0 Å². The second kappa shape index (κ2) is 5.24. The summed E-state index contributed by atoms with van der Waals surface area (Å²) >= 11 is 5.90. The molecular weight excluding hydrogens is 250 g/mol. The number of amides is 1. The number of carbonyl (C=O) groups is 1. The van der Waals surface area contributed by atoms with Gasteiger partial charge < -0.3 is 10.2 Å². The normalized spacial score (nSPS) is 17.3. The average molecular weight is 268 g/mol. The van der Waals surface area contributed by atoms with Crippen LogP contribution >= 0.6 is 11.6 Å². The van der Waals surface area contributed by atoms with Crippen LogP contribution in [0, 0.1) is 0 Å². The quantitative estimate of drug-likeness (QED) is 0.848. The van der Waals surface area contributed by atoms with Crippen molar-refractivity contribution < 1.29 is 4.79 Å². The maximum Gasteiger partial charge on any atom is 0.254 e. The Balaban J connectivity index is 1.99. The second-order valence-electron chi connectivity index (χ2n) is 5.00. The largest absolute Gasteiger partial charge is 0.350 e. The molecule has 1 aromatic rings. The van der Waals surface area contributed by atoms with Crippen molar-refractivity contribution in [2.75, 3.05) is 20.6 Å². The molecule has 0 atom stereocenters. The van der Waals surface area contributed by atoms with E-state index in [1.807, 2.05) is 0 Å². The van der Waals surface area contributed by atoms with Gasteiger partial charge in [-0.15, -0.1) is 0 Å². The molecule has 1 heterocycles. The van der Waals surface area contributed by atoms with Crippen molar-refractivity contribution >= 4 is 17.5 Å². The number of carbonyl (C=O) groups excluding carboxylic acids is 1. The first-order chi connectivity index (χ1) is 8.55. The zero-order chi connectivity index (χ0) is 13.2. The smallest absolute Gasteiger partial charge is 0.254 e. The molecule has 4 nitrogen and oxygen atoms in total. The van der Waals surface area contributed by atoms with Crippen LogP contribution in [0.4, 0.5) is 0 Å². The first-order valence-corrected chi connectivity index (χ1v) is 6.49. The summed E-state index contributed by atoms with van der Waals surface area (Å²) in [5, 5.41) is 3.21. The lowest BCUT2D eigenvalue weighted by Gasteiger charge is -2.47. The summed E-state index contributed by atoms with van der Waals surface area (Å²) in [5.74, 6) is -0.152. The SMILES string of the molecule is CN(C)C1(CNC(=O)c2cccnc2Cl)CCC1. The minimum atomic E-state index is -0.152. The molecule has 0 bridgehead atoms. The van der Waals surface area contributed by atoms with Gasteiger partial charge in [0.1, 0.15) is 5.15 Å². The van der Waals surface area contributed by atoms with Gasteiger partial charge in [-0.2, -0.15) is 0 Å². The van der Waals surface area contributed by atoms with E-state index in [0.717, 1.165) is 12.8 Å². The van der Waals surface area contributed by atoms with Crippen molar-refractivity contribution in [2.24, 2.45) is 0 Å². The molecule has 0 saturated heterocycles. The van der Waals surface area contributed by atoms with E-state index in [1.54, 1.807) is 18.3 Å². The molecule has 1 aliphatic rings. The molecule has 1 aliphatic carbocycles. The molecule has 1 aromatic heterocycles. The highest BCUT2D eigenvalue weighted by Gasteiger charge is 2.39. The Hall–Kier alpha value is -1.13. The number of nitrogens with zero attached hydrogens (tertiary/aromatic N) is 2. The van der Waals surface area contributed by atoms with Crippen molar-refractivity contribution in [2.45, 2.75) is 24.8 Å². The molecule has 18 heavy (non-hydrogen) atoms. The van der Waals surface area contributed by atoms with E-state index in [0.29, 0.717) is 12.1 Å². The first-order valence-electron chi connectivity index (χ1n) is 6.11. The second-order valence-corrected chi connectivity index (χ2v) is 5.35. The Morgan fingerprint density at radius 3 is 2.78 bits per heavy atom. The van der Waals surface area contributed by atoms with E-state index in [2.05, 4.69) is 29.3 Å². The summed E-state index contributed by atoms with van der Waals surface area (Å²) in [4.78, 5) is 18.1. The highest BCUT2D eigenvalue weighted by atomic mass is 35.5. The average Bonchev–Trinajstić information content (AvgIpc) is 2.27. The lowest BCUT2D eigenvalue weighted by molar-refractivity contribution is 0.0557. The lowest BCUT2D eigenvalue weighted by atomic mass is 9.75. The Morgan fingerprint density at radius 2 is 2.28 bits per heavy atom. The van der Waals surface area contributed by atoms with Gasteiger partial charge in [-0.25, -0.2) is 4.98 Å². The van der Waals surface area contributed by atoms with Crippen molar-refractivity contribution in [1.82, 2.24) is 15.2 Å². The Bertz CT molecular complexity index is 444. The number of rotatable bonds is 4. The third-order valence-corrected chi connectivity index (χ3v) is 4.12. The third kappa shape index (κ3) is 2.49. The summed E-state index contributed by atoms with van der Waals surface area (Å²) in [6.45, 7) is 0.657. The minimum absolute atomic E-state index is 0.115. The summed E-state index contributed by atoms with van der Waals surface area (Å²) in [7, 11) is 4.12. The van der Waals surface area contributed by atoms with Gasteiger partial charge in [-0.3, -0.25) is 4.79 Å². The van der Waals surface area contributed by atoms with E-state index >= 15 is 0 Å². The Kier molecular flexibility index (Phi) is 3.88. The predicted octanol–water partition coefficient (Wildman–Crippen LogP) is 1.95. The number of halogens is 1. The molecule has 1 fully saturated rings. The molecule has 0 unspecified atom stereocenters. The van der Waals surface area contributed by atoms with E-state index in [1.165, 1.54) is 6.42 Å². The molecule has 0 radical (unpaired) electrons. The van der Waals surface area contributed by atoms with Gasteiger partial charge in [0.05, 0.1) is 5.56 Å². The maximum atomic E-state index is 12.0. The van der Waals surface area contributed by atoms with E-state index in [4.69, 9.17) is 11.6 Å². The fourth-order valence-electron chi connectivity index (χ4n) is 2.26. The summed E-state index contributed by atoms with van der Waals surface area (Å²) < 4.78 is 0. The van der Waals surface area contributed by atoms with Crippen LogP contribution in [0.5, 0.6) is 0 Å². The van der Waals surface area contributed by atoms with Crippen LogP contribution in [-0.2, 0) is 0 Å². The summed E-state index contributed by atoms with van der Waals surface area (Å²) in [6, 6.07) is 3.40. The van der Waals surface area contributed by atoms with Gasteiger partial charge >= 0.3 is 0 Å². The van der Waals surface area contributed by atoms with Crippen molar-refractivity contribution in [1.29, 1.82) is 0 Å². The predicted molar refractivity (Wildman–Crippen MR) is 71.8 cm³/mol. The summed E-state index contributed by atoms with van der Waals surface area (Å²) in [6.07, 6.45) is 5.05. The van der Waals surface area contributed by atoms with Gasteiger partial charge in [0, 0.05) is 18.3 Å². The van der Waals surface area contributed by atoms with Gasteiger partial charge in [0.2, 0.25) is 0 Å². The topological polar surface area (TPSA) is 45.2 Å². The first kappa shape index (κ1) is 13.3. The van der Waals surface area contributed by atoms with Crippen LogP contribution in [0.2, 0.25) is 5.15 Å². The summed E-state index contributed by atoms with van der Waals surface area (Å²) in [5.41, 5.74) is 0.553. The van der Waals surface area contributed by atoms with Crippen molar-refractivity contribution in [3.05, 3.63) is 29.0 Å². The molecule has 0 aliphatic heterocycles. The number of likely N-dealkylation sites (N-methyl/N-ethyl adjacent to an activating group) is 1. The molecule has 2 rings (SSSR count). The highest BCUT2D eigenvalue weighted by molar-refractivity contribution is 6.32. The highest BCUT2D eigenvalue weighted by Crippen LogP contribution is 2.35. The van der Waals surface area contributed by atoms with Crippen LogP contribution in [0.25, 0.3) is 0 Å². The van der Waals surface area contributed by atoms with Crippen LogP contribution in [0.1, 0.15) is 29.6 Å².